The zero-order chi connectivity index (χ0) is 22.3. The van der Waals surface area contributed by atoms with Gasteiger partial charge in [-0.2, -0.15) is 0 Å². The smallest absolute Gasteiger partial charge is 0.303 e. The van der Waals surface area contributed by atoms with Crippen molar-refractivity contribution in [1.29, 1.82) is 0 Å². The first kappa shape index (κ1) is 29.4. The van der Waals surface area contributed by atoms with Gasteiger partial charge >= 0.3 is 5.97 Å². The zero-order valence-electron chi connectivity index (χ0n) is 20.0. The molecule has 0 aliphatic heterocycles. The van der Waals surface area contributed by atoms with E-state index >= 15 is 0 Å². The van der Waals surface area contributed by atoms with Crippen molar-refractivity contribution in [3.8, 4) is 0 Å². The molecule has 0 rings (SSSR count). The molecule has 0 saturated carbocycles. The molecule has 0 fully saturated rings. The van der Waals surface area contributed by atoms with Crippen LogP contribution < -0.4 is 0 Å². The van der Waals surface area contributed by atoms with Crippen LogP contribution >= 0.6 is 15.9 Å². The van der Waals surface area contributed by atoms with E-state index in [0.717, 1.165) is 31.6 Å². The summed E-state index contributed by atoms with van der Waals surface area (Å²) in [5.41, 5.74) is 0. The molecule has 0 saturated heterocycles. The number of unbranched alkanes of at least 4 members (excludes halogenated alkanes) is 12. The van der Waals surface area contributed by atoms with Crippen LogP contribution in [-0.4, -0.2) is 11.1 Å². The van der Waals surface area contributed by atoms with Crippen LogP contribution in [0.2, 0.25) is 0 Å². The molecule has 0 bridgehead atoms. The molecule has 1 N–H and O–H groups in total. The molecule has 0 spiro atoms. The Kier molecular flexibility index (Phi) is 22.7. The number of hydrogen-bond acceptors (Lipinski definition) is 1. The molecule has 2 nitrogen and oxygen atoms in total. The Hall–Kier alpha value is -0.570. The lowest BCUT2D eigenvalue weighted by Crippen LogP contribution is -1.92. The minimum absolute atomic E-state index is 0.259. The van der Waals surface area contributed by atoms with Gasteiger partial charge in [-0.15, -0.1) is 0 Å². The van der Waals surface area contributed by atoms with Crippen molar-refractivity contribution in [1.82, 2.24) is 0 Å². The molecule has 0 aromatic carbocycles. The molecule has 0 heterocycles. The summed E-state index contributed by atoms with van der Waals surface area (Å²) >= 11 is 3.58. The molecule has 3 heteroatoms. The zero-order valence-corrected chi connectivity index (χ0v) is 21.6. The fourth-order valence-electron chi connectivity index (χ4n) is 3.62. The topological polar surface area (TPSA) is 37.3 Å². The summed E-state index contributed by atoms with van der Waals surface area (Å²) in [7, 11) is 0. The minimum atomic E-state index is -0.708. The molecule has 1 atom stereocenters. The Labute approximate surface area is 196 Å². The lowest BCUT2D eigenvalue weighted by Gasteiger charge is -2.07. The average Bonchev–Trinajstić information content (AvgIpc) is 2.73. The van der Waals surface area contributed by atoms with Gasteiger partial charge in [0.2, 0.25) is 0 Å². The van der Waals surface area contributed by atoms with Gasteiger partial charge in [-0.25, -0.2) is 0 Å². The second-order valence-corrected chi connectivity index (χ2v) is 9.95. The fraction of sp³-hybridized carbons (Fsp3) is 0.815. The van der Waals surface area contributed by atoms with E-state index in [2.05, 4.69) is 48.0 Å². The average molecular weight is 486 g/mol. The van der Waals surface area contributed by atoms with Gasteiger partial charge in [-0.1, -0.05) is 125 Å². The van der Waals surface area contributed by atoms with Gasteiger partial charge in [0.15, 0.2) is 0 Å². The third kappa shape index (κ3) is 23.7. The Morgan fingerprint density at radius 1 is 0.767 bits per heavy atom. The first-order valence-electron chi connectivity index (χ1n) is 12.8. The molecule has 0 aliphatic carbocycles. The Morgan fingerprint density at radius 2 is 1.30 bits per heavy atom. The molecule has 30 heavy (non-hydrogen) atoms. The van der Waals surface area contributed by atoms with Crippen LogP contribution in [0.4, 0.5) is 0 Å². The van der Waals surface area contributed by atoms with Crippen LogP contribution in [0.15, 0.2) is 22.7 Å². The fourth-order valence-corrected chi connectivity index (χ4v) is 4.08. The van der Waals surface area contributed by atoms with E-state index in [1.807, 2.05) is 0 Å². The second-order valence-electron chi connectivity index (χ2n) is 8.93. The SMILES string of the molecule is CC[C@H](C)CCCCCCCCCCCCC/C=C\CC/C(Br)=C\CCCC(=O)O. The van der Waals surface area contributed by atoms with Gasteiger partial charge in [0.1, 0.15) is 0 Å². The third-order valence-electron chi connectivity index (χ3n) is 5.94. The largest absolute Gasteiger partial charge is 0.481 e. The van der Waals surface area contributed by atoms with Gasteiger partial charge in [0.05, 0.1) is 0 Å². The quantitative estimate of drug-likeness (QED) is 0.122. The number of carbonyl (C=O) groups is 1. The van der Waals surface area contributed by atoms with Crippen molar-refractivity contribution in [3.05, 3.63) is 22.7 Å². The first-order chi connectivity index (χ1) is 14.6. The van der Waals surface area contributed by atoms with Crippen molar-refractivity contribution in [2.24, 2.45) is 5.92 Å². The molecule has 0 unspecified atom stereocenters. The Morgan fingerprint density at radius 3 is 1.87 bits per heavy atom. The van der Waals surface area contributed by atoms with Crippen LogP contribution in [0.1, 0.15) is 136 Å². The van der Waals surface area contributed by atoms with Crippen LogP contribution in [0.5, 0.6) is 0 Å². The summed E-state index contributed by atoms with van der Waals surface area (Å²) in [6.45, 7) is 4.68. The summed E-state index contributed by atoms with van der Waals surface area (Å²) in [5, 5.41) is 8.62. The number of hydrogen-bond donors (Lipinski definition) is 1. The Bertz CT molecular complexity index is 442. The van der Waals surface area contributed by atoms with Crippen LogP contribution in [-0.2, 0) is 4.79 Å². The molecule has 0 aliphatic rings. The van der Waals surface area contributed by atoms with Crippen molar-refractivity contribution in [3.63, 3.8) is 0 Å². The van der Waals surface area contributed by atoms with E-state index < -0.39 is 5.97 Å². The summed E-state index contributed by atoms with van der Waals surface area (Å²) < 4.78 is 1.20. The monoisotopic (exact) mass is 484 g/mol. The third-order valence-corrected chi connectivity index (χ3v) is 6.66. The first-order valence-corrected chi connectivity index (χ1v) is 13.6. The van der Waals surface area contributed by atoms with Crippen molar-refractivity contribution in [2.75, 3.05) is 0 Å². The van der Waals surface area contributed by atoms with E-state index in [0.29, 0.717) is 0 Å². The highest BCUT2D eigenvalue weighted by atomic mass is 79.9. The number of carboxylic acids is 1. The Balaban J connectivity index is 3.28. The molecular formula is C27H49BrO2. The van der Waals surface area contributed by atoms with Gasteiger partial charge in [0, 0.05) is 6.42 Å². The molecule has 0 amide bonds. The highest BCUT2D eigenvalue weighted by Crippen LogP contribution is 2.17. The standard InChI is InChI=1S/C27H49BrO2/c1-3-25(2)21-17-15-13-11-9-7-5-4-6-8-10-12-14-16-18-22-26(28)23-19-20-24-27(29)30/h14,16,23,25H,3-13,15,17-22,24H2,1-2H3,(H,29,30)/b16-14-,26-23+/t25-/m0/s1. The summed E-state index contributed by atoms with van der Waals surface area (Å²) in [4.78, 5) is 10.5. The maximum Gasteiger partial charge on any atom is 0.303 e. The number of halogens is 1. The molecule has 0 aromatic heterocycles. The van der Waals surface area contributed by atoms with E-state index in [1.54, 1.807) is 0 Å². The summed E-state index contributed by atoms with van der Waals surface area (Å²) in [6.07, 6.45) is 30.2. The maximum absolute atomic E-state index is 10.5. The van der Waals surface area contributed by atoms with E-state index in [4.69, 9.17) is 5.11 Å². The highest BCUT2D eigenvalue weighted by molar-refractivity contribution is 9.11. The molecular weight excluding hydrogens is 436 g/mol. The van der Waals surface area contributed by atoms with Gasteiger partial charge in [0.25, 0.3) is 0 Å². The minimum Gasteiger partial charge on any atom is -0.481 e. The van der Waals surface area contributed by atoms with Crippen LogP contribution in [0.3, 0.4) is 0 Å². The van der Waals surface area contributed by atoms with Crippen molar-refractivity contribution >= 4 is 21.9 Å². The molecule has 0 aromatic rings. The van der Waals surface area contributed by atoms with Crippen molar-refractivity contribution < 1.29 is 9.90 Å². The molecule has 176 valence electrons. The second kappa shape index (κ2) is 23.1. The lowest BCUT2D eigenvalue weighted by molar-refractivity contribution is -0.137. The molecule has 0 radical (unpaired) electrons. The van der Waals surface area contributed by atoms with E-state index in [9.17, 15) is 4.79 Å². The van der Waals surface area contributed by atoms with Gasteiger partial charge in [-0.05, 0) is 48.9 Å². The van der Waals surface area contributed by atoms with Crippen LogP contribution in [0, 0.1) is 5.92 Å². The number of rotatable bonds is 22. The predicted molar refractivity (Wildman–Crippen MR) is 136 cm³/mol. The summed E-state index contributed by atoms with van der Waals surface area (Å²) in [5.74, 6) is 0.216. The summed E-state index contributed by atoms with van der Waals surface area (Å²) in [6, 6.07) is 0. The van der Waals surface area contributed by atoms with E-state index in [-0.39, 0.29) is 6.42 Å². The van der Waals surface area contributed by atoms with Crippen molar-refractivity contribution in [2.45, 2.75) is 136 Å². The number of carboxylic acid groups (broad SMARTS) is 1. The van der Waals surface area contributed by atoms with Gasteiger partial charge in [-0.3, -0.25) is 4.79 Å². The number of aliphatic carboxylic acids is 1. The normalized spacial score (nSPS) is 13.2. The number of allylic oxidation sites excluding steroid dienone is 4. The van der Waals surface area contributed by atoms with Gasteiger partial charge < -0.3 is 5.11 Å². The van der Waals surface area contributed by atoms with E-state index in [1.165, 1.54) is 94.4 Å². The van der Waals surface area contributed by atoms with Crippen LogP contribution in [0.25, 0.3) is 0 Å². The highest BCUT2D eigenvalue weighted by Gasteiger charge is 1.98. The lowest BCUT2D eigenvalue weighted by atomic mass is 9.99. The predicted octanol–water partition coefficient (Wildman–Crippen LogP) is 9.97. The maximum atomic E-state index is 10.5.